The summed E-state index contributed by atoms with van der Waals surface area (Å²) < 4.78 is 10.5. The molecule has 0 bridgehead atoms. The van der Waals surface area contributed by atoms with Crippen molar-refractivity contribution in [3.05, 3.63) is 37.0 Å². The fourth-order valence-electron chi connectivity index (χ4n) is 5.67. The zero-order valence-corrected chi connectivity index (χ0v) is 27.2. The van der Waals surface area contributed by atoms with E-state index in [4.69, 9.17) is 15.2 Å². The van der Waals surface area contributed by atoms with Crippen molar-refractivity contribution in [2.24, 2.45) is 47.2 Å². The van der Waals surface area contributed by atoms with Crippen LogP contribution in [0.5, 0.6) is 0 Å². The minimum Gasteiger partial charge on any atom is -0.456 e. The number of aliphatic hydroxyl groups is 5. The molecule has 0 saturated carbocycles. The second-order valence-corrected chi connectivity index (χ2v) is 12.5. The van der Waals surface area contributed by atoms with Crippen LogP contribution in [0.15, 0.2) is 37.0 Å². The van der Waals surface area contributed by atoms with Crippen LogP contribution >= 0.6 is 0 Å². The predicted molar refractivity (Wildman–Crippen MR) is 165 cm³/mol. The largest absolute Gasteiger partial charge is 0.456 e. The summed E-state index contributed by atoms with van der Waals surface area (Å²) in [5.41, 5.74) is 5.25. The summed E-state index contributed by atoms with van der Waals surface area (Å²) in [6.45, 7) is 15.3. The molecule has 252 valence electrons. The molecule has 1 heterocycles. The van der Waals surface area contributed by atoms with Crippen LogP contribution in [0.1, 0.15) is 48.5 Å². The fraction of sp³-hybridized carbons (Fsp3) is 0.719. The van der Waals surface area contributed by atoms with E-state index in [0.29, 0.717) is 0 Å². The Morgan fingerprint density at radius 1 is 1.00 bits per heavy atom. The Kier molecular flexibility index (Phi) is 15.7. The highest BCUT2D eigenvalue weighted by atomic mass is 16.6. The van der Waals surface area contributed by atoms with Gasteiger partial charge in [0.1, 0.15) is 12.2 Å². The fourth-order valence-corrected chi connectivity index (χ4v) is 5.67. The van der Waals surface area contributed by atoms with E-state index >= 15 is 0 Å². The maximum absolute atomic E-state index is 13.2. The first-order valence-electron chi connectivity index (χ1n) is 15.2. The first-order chi connectivity index (χ1) is 20.4. The molecule has 1 aliphatic heterocycles. The van der Waals surface area contributed by atoms with Gasteiger partial charge in [0.05, 0.1) is 36.3 Å². The van der Waals surface area contributed by atoms with E-state index in [9.17, 15) is 39.9 Å². The van der Waals surface area contributed by atoms with Crippen LogP contribution in [0.2, 0.25) is 0 Å². The predicted octanol–water partition coefficient (Wildman–Crippen LogP) is 1.39. The van der Waals surface area contributed by atoms with Gasteiger partial charge in [0, 0.05) is 43.2 Å². The lowest BCUT2D eigenvalue weighted by atomic mass is 9.83. The highest BCUT2D eigenvalue weighted by Gasteiger charge is 2.44. The summed E-state index contributed by atoms with van der Waals surface area (Å²) >= 11 is 0. The first-order valence-corrected chi connectivity index (χ1v) is 15.2. The second-order valence-electron chi connectivity index (χ2n) is 12.5. The molecule has 14 unspecified atom stereocenters. The molecular formula is C32H54N2O10. The van der Waals surface area contributed by atoms with E-state index in [2.05, 4.69) is 6.58 Å². The second kappa shape index (κ2) is 17.6. The van der Waals surface area contributed by atoms with Gasteiger partial charge in [0.2, 0.25) is 5.91 Å². The monoisotopic (exact) mass is 626 g/mol. The minimum atomic E-state index is -1.38. The van der Waals surface area contributed by atoms with Gasteiger partial charge >= 0.3 is 12.1 Å². The molecule has 7 N–H and O–H groups in total. The Labute approximate surface area is 261 Å². The van der Waals surface area contributed by atoms with Crippen molar-refractivity contribution in [3.8, 4) is 0 Å². The molecule has 1 saturated heterocycles. The third-order valence-electron chi connectivity index (χ3n) is 8.84. The van der Waals surface area contributed by atoms with Crippen molar-refractivity contribution in [1.82, 2.24) is 4.90 Å². The average Bonchev–Trinajstić information content (AvgIpc) is 3.05. The number of amides is 2. The summed E-state index contributed by atoms with van der Waals surface area (Å²) in [5.74, 6) is -5.41. The van der Waals surface area contributed by atoms with E-state index in [1.165, 1.54) is 17.9 Å². The maximum atomic E-state index is 13.2. The van der Waals surface area contributed by atoms with Crippen LogP contribution in [0.3, 0.4) is 0 Å². The SMILES string of the molecule is C=CC=CC(C)C(OC(N)=O)C(C)C(O)C(C)C(=O)N(C)CC(C)C(O)C(C)C=CC(O)C1OC(=O)C(C)C(O)C(C)C1O. The zero-order valence-electron chi connectivity index (χ0n) is 27.2. The van der Waals surface area contributed by atoms with E-state index in [0.717, 1.165) is 0 Å². The Hall–Kier alpha value is -2.77. The molecule has 1 aliphatic rings. The van der Waals surface area contributed by atoms with Crippen LogP contribution in [0.25, 0.3) is 0 Å². The molecule has 12 nitrogen and oxygen atoms in total. The maximum Gasteiger partial charge on any atom is 0.404 e. The van der Waals surface area contributed by atoms with Crippen LogP contribution in [-0.2, 0) is 19.1 Å². The summed E-state index contributed by atoms with van der Waals surface area (Å²) in [4.78, 5) is 38.4. The molecule has 0 aromatic rings. The number of allylic oxidation sites excluding steroid dienone is 2. The van der Waals surface area contributed by atoms with E-state index in [-0.39, 0.29) is 18.4 Å². The molecule has 2 amide bonds. The van der Waals surface area contributed by atoms with Gasteiger partial charge in [-0.15, -0.1) is 0 Å². The van der Waals surface area contributed by atoms with Gasteiger partial charge in [-0.1, -0.05) is 78.5 Å². The lowest BCUT2D eigenvalue weighted by Gasteiger charge is -2.35. The van der Waals surface area contributed by atoms with Crippen molar-refractivity contribution in [2.45, 2.75) is 91.2 Å². The van der Waals surface area contributed by atoms with Crippen LogP contribution in [0, 0.1) is 41.4 Å². The smallest absolute Gasteiger partial charge is 0.404 e. The summed E-state index contributed by atoms with van der Waals surface area (Å²) in [7, 11) is 1.56. The number of hydrogen-bond acceptors (Lipinski definition) is 10. The van der Waals surface area contributed by atoms with Gasteiger partial charge in [0.25, 0.3) is 0 Å². The Morgan fingerprint density at radius 2 is 1.59 bits per heavy atom. The number of ether oxygens (including phenoxy) is 2. The van der Waals surface area contributed by atoms with Crippen LogP contribution in [-0.4, -0.2) is 105 Å². The number of carbonyl (C=O) groups excluding carboxylic acids is 3. The lowest BCUT2D eigenvalue weighted by molar-refractivity contribution is -0.163. The third kappa shape index (κ3) is 10.4. The number of carbonyl (C=O) groups is 3. The average molecular weight is 627 g/mol. The van der Waals surface area contributed by atoms with Gasteiger partial charge in [-0.05, 0) is 6.92 Å². The topological polar surface area (TPSA) is 200 Å². The summed E-state index contributed by atoms with van der Waals surface area (Å²) in [5, 5.41) is 53.5. The normalized spacial score (nSPS) is 28.9. The number of nitrogens with two attached hydrogens (primary N) is 1. The van der Waals surface area contributed by atoms with Crippen LogP contribution in [0.4, 0.5) is 4.79 Å². The molecule has 12 heteroatoms. The van der Waals surface area contributed by atoms with Gasteiger partial charge in [-0.3, -0.25) is 9.59 Å². The molecule has 14 atom stereocenters. The number of primary amides is 1. The molecule has 0 radical (unpaired) electrons. The van der Waals surface area contributed by atoms with Gasteiger partial charge < -0.3 is 45.6 Å². The number of nitrogens with zero attached hydrogens (tertiary/aromatic N) is 1. The zero-order chi connectivity index (χ0) is 34.0. The Morgan fingerprint density at radius 3 is 2.14 bits per heavy atom. The van der Waals surface area contributed by atoms with Crippen molar-refractivity contribution in [2.75, 3.05) is 13.6 Å². The molecule has 44 heavy (non-hydrogen) atoms. The van der Waals surface area contributed by atoms with Crippen molar-refractivity contribution in [1.29, 1.82) is 0 Å². The number of cyclic esters (lactones) is 1. The van der Waals surface area contributed by atoms with E-state index in [1.807, 2.05) is 0 Å². The van der Waals surface area contributed by atoms with E-state index in [1.54, 1.807) is 72.9 Å². The van der Waals surface area contributed by atoms with Crippen molar-refractivity contribution >= 4 is 18.0 Å². The lowest BCUT2D eigenvalue weighted by Crippen LogP contribution is -2.47. The summed E-state index contributed by atoms with van der Waals surface area (Å²) in [6, 6.07) is 0. The minimum absolute atomic E-state index is 0.151. The van der Waals surface area contributed by atoms with Crippen molar-refractivity contribution < 1.29 is 49.4 Å². The first kappa shape index (κ1) is 39.3. The number of hydrogen-bond donors (Lipinski definition) is 6. The number of rotatable bonds is 15. The highest BCUT2D eigenvalue weighted by molar-refractivity contribution is 5.79. The van der Waals surface area contributed by atoms with Crippen molar-refractivity contribution in [3.63, 3.8) is 0 Å². The number of esters is 1. The van der Waals surface area contributed by atoms with E-state index < -0.39 is 90.3 Å². The molecule has 1 rings (SSSR count). The Balaban J connectivity index is 2.87. The standard InChI is InChI=1S/C32H54N2O10/c1-10-11-12-17(3)28(44-32(33)42)20(6)26(38)21(7)30(40)34(9)15-18(4)24(36)16(2)13-14-23(35)29-27(39)19(5)25(37)22(8)31(41)43-29/h10-14,16-29,35-39H,1,15H2,2-9H3,(H2,33,42). The molecule has 0 aromatic heterocycles. The highest BCUT2D eigenvalue weighted by Crippen LogP contribution is 2.29. The van der Waals surface area contributed by atoms with Gasteiger partial charge in [-0.2, -0.15) is 0 Å². The molecule has 0 aromatic carbocycles. The molecule has 0 spiro atoms. The molecular weight excluding hydrogens is 572 g/mol. The third-order valence-corrected chi connectivity index (χ3v) is 8.84. The Bertz CT molecular complexity index is 1020. The van der Waals surface area contributed by atoms with Gasteiger partial charge in [-0.25, -0.2) is 4.79 Å². The number of aliphatic hydroxyl groups excluding tert-OH is 5. The molecule has 0 aliphatic carbocycles. The summed E-state index contributed by atoms with van der Waals surface area (Å²) in [6.07, 6.45) is -1.10. The molecule has 1 fully saturated rings. The van der Waals surface area contributed by atoms with Crippen LogP contribution < -0.4 is 5.73 Å². The van der Waals surface area contributed by atoms with Gasteiger partial charge in [0.15, 0.2) is 6.10 Å². The quantitative estimate of drug-likeness (QED) is 0.0877.